The summed E-state index contributed by atoms with van der Waals surface area (Å²) >= 11 is 4.90. The van der Waals surface area contributed by atoms with Gasteiger partial charge in [-0.05, 0) is 19.4 Å². The Morgan fingerprint density at radius 3 is 2.78 bits per heavy atom. The number of anilines is 1. The number of β-lactam (4-membered cyclic amide) rings is 1. The number of fused-ring (bicyclic) bond motifs is 1. The summed E-state index contributed by atoms with van der Waals surface area (Å²) < 4.78 is 4.65. The fraction of sp³-hybridized carbons (Fsp3) is 0.444. The Morgan fingerprint density at radius 1 is 1.39 bits per heavy atom. The summed E-state index contributed by atoms with van der Waals surface area (Å²) in [7, 11) is 0. The molecule has 1 unspecified atom stereocenters. The molecule has 0 spiro atoms. The molecule has 14 nitrogen and oxygen atoms in total. The van der Waals surface area contributed by atoms with Crippen molar-refractivity contribution in [2.24, 2.45) is 10.9 Å². The third kappa shape index (κ3) is 5.46. The fourth-order valence-electron chi connectivity index (χ4n) is 3.21. The van der Waals surface area contributed by atoms with Crippen molar-refractivity contribution in [3.63, 3.8) is 0 Å². The summed E-state index contributed by atoms with van der Waals surface area (Å²) in [5.41, 5.74) is 11.4. The molecule has 2 aliphatic heterocycles. The molecule has 0 aromatic carbocycles. The van der Waals surface area contributed by atoms with Crippen molar-refractivity contribution >= 4 is 75.0 Å². The third-order valence-electron chi connectivity index (χ3n) is 4.75. The second-order valence-electron chi connectivity index (χ2n) is 7.62. The maximum Gasteiger partial charge on any atom is 0.352 e. The van der Waals surface area contributed by atoms with Gasteiger partial charge in [0, 0.05) is 29.6 Å². The minimum atomic E-state index is -1.22. The van der Waals surface area contributed by atoms with Crippen LogP contribution < -0.4 is 16.8 Å². The van der Waals surface area contributed by atoms with Gasteiger partial charge in [0.25, 0.3) is 11.8 Å². The van der Waals surface area contributed by atoms with Crippen LogP contribution in [0.25, 0.3) is 0 Å². The first kappa shape index (κ1) is 26.3. The number of thioether (sulfide) groups is 2. The number of nitrogens with two attached hydrogens (primary N) is 2. The number of nitrogens with one attached hydrogen (secondary N) is 1. The molecule has 192 valence electrons. The summed E-state index contributed by atoms with van der Waals surface area (Å²) in [5, 5.41) is 24.5. The highest BCUT2D eigenvalue weighted by Crippen LogP contribution is 2.41. The number of rotatable bonds is 10. The van der Waals surface area contributed by atoms with Crippen molar-refractivity contribution < 1.29 is 24.3 Å². The van der Waals surface area contributed by atoms with Gasteiger partial charge in [-0.15, -0.1) is 22.0 Å². The topological polar surface area (TPSA) is 212 Å². The minimum absolute atomic E-state index is 0.0320. The molecule has 4 rings (SSSR count). The average molecular weight is 572 g/mol. The number of carboxylic acid groups (broad SMARTS) is 1. The number of carbonyl (C=O) groups is 3. The van der Waals surface area contributed by atoms with E-state index >= 15 is 0 Å². The van der Waals surface area contributed by atoms with Crippen molar-refractivity contribution in [3.8, 4) is 0 Å². The monoisotopic (exact) mass is 571 g/mol. The first-order valence-corrected chi connectivity index (χ1v) is 14.0. The molecule has 2 aliphatic rings. The maximum atomic E-state index is 13.0. The van der Waals surface area contributed by atoms with E-state index in [0.29, 0.717) is 26.4 Å². The van der Waals surface area contributed by atoms with Crippen LogP contribution in [0.5, 0.6) is 0 Å². The van der Waals surface area contributed by atoms with Crippen LogP contribution in [0.15, 0.2) is 20.8 Å². The molecule has 36 heavy (non-hydrogen) atoms. The van der Waals surface area contributed by atoms with Crippen molar-refractivity contribution in [2.75, 3.05) is 17.2 Å². The Hall–Kier alpha value is -2.80. The maximum absolute atomic E-state index is 13.0. The lowest BCUT2D eigenvalue weighted by atomic mass is 10.0. The van der Waals surface area contributed by atoms with Crippen molar-refractivity contribution in [3.05, 3.63) is 22.1 Å². The molecule has 0 aliphatic carbocycles. The second-order valence-corrected chi connectivity index (χ2v) is 11.8. The van der Waals surface area contributed by atoms with Crippen LogP contribution in [0.4, 0.5) is 5.13 Å². The number of aromatic nitrogens is 4. The summed E-state index contributed by atoms with van der Waals surface area (Å²) in [6.45, 7) is 3.73. The highest BCUT2D eigenvalue weighted by Gasteiger charge is 2.54. The predicted molar refractivity (Wildman–Crippen MR) is 135 cm³/mol. The number of hydrogen-bond donors (Lipinski definition) is 4. The largest absolute Gasteiger partial charge is 0.477 e. The standard InChI is InChI=1S/C18H21N9O5S4/c1-6(2)32-25-9(12-22-17(20)36-26-12)13(28)21-10-14(29)27-11(16(30)31)7(4-33-15(10)27)5-34-18-24-23-8(3-19)35-18/h6,10,15H,3-5,19H2,1-2H3,(H,21,28)(H,30,31)(H2,20,22,26)/b25-9-/t10?,15-/m1/s1. The molecule has 0 bridgehead atoms. The molecule has 2 atom stereocenters. The van der Waals surface area contributed by atoms with Crippen molar-refractivity contribution in [1.82, 2.24) is 29.8 Å². The molecule has 0 saturated carbocycles. The van der Waals surface area contributed by atoms with Crippen LogP contribution in [0, 0.1) is 0 Å². The number of carboxylic acids is 1. The van der Waals surface area contributed by atoms with E-state index in [4.69, 9.17) is 16.3 Å². The lowest BCUT2D eigenvalue weighted by molar-refractivity contribution is -0.150. The smallest absolute Gasteiger partial charge is 0.352 e. The first-order valence-electron chi connectivity index (χ1n) is 10.4. The Morgan fingerprint density at radius 2 is 2.17 bits per heavy atom. The van der Waals surface area contributed by atoms with Gasteiger partial charge < -0.3 is 26.7 Å². The second kappa shape index (κ2) is 11.1. The first-order chi connectivity index (χ1) is 17.2. The van der Waals surface area contributed by atoms with Crippen LogP contribution in [-0.2, 0) is 25.8 Å². The fourth-order valence-corrected chi connectivity index (χ4v) is 6.90. The van der Waals surface area contributed by atoms with Gasteiger partial charge >= 0.3 is 5.97 Å². The van der Waals surface area contributed by atoms with Crippen molar-refractivity contribution in [1.29, 1.82) is 0 Å². The SMILES string of the molecule is CC(C)O/N=C(\C(=O)NC1C(=O)N2C(C(=O)O)=C(CSc3nnc(CN)s3)CS[C@H]12)c1nsc(N)n1. The number of hydrogen-bond acceptors (Lipinski definition) is 15. The van der Waals surface area contributed by atoms with E-state index in [-0.39, 0.29) is 35.0 Å². The van der Waals surface area contributed by atoms with E-state index in [1.54, 1.807) is 13.8 Å². The zero-order valence-corrected chi connectivity index (χ0v) is 22.2. The highest BCUT2D eigenvalue weighted by atomic mass is 32.2. The number of oxime groups is 1. The Labute approximate surface area is 221 Å². The molecular formula is C18H21N9O5S4. The van der Waals surface area contributed by atoms with Crippen LogP contribution in [0.1, 0.15) is 24.7 Å². The number of amides is 2. The molecule has 1 saturated heterocycles. The van der Waals surface area contributed by atoms with E-state index in [9.17, 15) is 19.5 Å². The van der Waals surface area contributed by atoms with E-state index < -0.39 is 29.2 Å². The zero-order chi connectivity index (χ0) is 26.0. The van der Waals surface area contributed by atoms with Crippen LogP contribution in [0.3, 0.4) is 0 Å². The van der Waals surface area contributed by atoms with Crippen molar-refractivity contribution in [2.45, 2.75) is 42.3 Å². The Bertz CT molecular complexity index is 1240. The molecule has 6 N–H and O–H groups in total. The lowest BCUT2D eigenvalue weighted by Crippen LogP contribution is -2.71. The lowest BCUT2D eigenvalue weighted by Gasteiger charge is -2.49. The van der Waals surface area contributed by atoms with E-state index in [1.807, 2.05) is 0 Å². The summed E-state index contributed by atoms with van der Waals surface area (Å²) in [6.07, 6.45) is -0.319. The van der Waals surface area contributed by atoms with Gasteiger partial charge in [0.15, 0.2) is 9.47 Å². The molecule has 4 heterocycles. The quantitative estimate of drug-likeness (QED) is 0.129. The molecule has 0 radical (unpaired) electrons. The third-order valence-corrected chi connectivity index (χ3v) is 8.80. The van der Waals surface area contributed by atoms with E-state index in [0.717, 1.165) is 11.5 Å². The van der Waals surface area contributed by atoms with Crippen LogP contribution in [0.2, 0.25) is 0 Å². The Kier molecular flexibility index (Phi) is 8.08. The summed E-state index contributed by atoms with van der Waals surface area (Å²) in [6, 6.07) is -0.957. The average Bonchev–Trinajstić information content (AvgIpc) is 3.49. The van der Waals surface area contributed by atoms with Crippen LogP contribution in [-0.4, -0.2) is 82.1 Å². The van der Waals surface area contributed by atoms with E-state index in [1.165, 1.54) is 39.8 Å². The van der Waals surface area contributed by atoms with Gasteiger partial charge in [-0.2, -0.15) is 9.36 Å². The predicted octanol–water partition coefficient (Wildman–Crippen LogP) is 0.0905. The number of nitrogen functional groups attached to an aromatic ring is 1. The molecule has 2 aromatic rings. The number of carbonyl (C=O) groups excluding carboxylic acids is 2. The van der Waals surface area contributed by atoms with E-state index in [2.05, 4.69) is 30.0 Å². The summed E-state index contributed by atoms with van der Waals surface area (Å²) in [5.74, 6) is -1.85. The Balaban J connectivity index is 1.48. The van der Waals surface area contributed by atoms with Gasteiger partial charge in [0.2, 0.25) is 11.5 Å². The van der Waals surface area contributed by atoms with Gasteiger partial charge in [0.05, 0.1) is 0 Å². The van der Waals surface area contributed by atoms with Gasteiger partial charge in [-0.25, -0.2) is 4.79 Å². The molecule has 18 heteroatoms. The van der Waals surface area contributed by atoms with Gasteiger partial charge in [-0.1, -0.05) is 28.3 Å². The molecule has 2 aromatic heterocycles. The minimum Gasteiger partial charge on any atom is -0.477 e. The summed E-state index contributed by atoms with van der Waals surface area (Å²) in [4.78, 5) is 48.4. The van der Waals surface area contributed by atoms with Gasteiger partial charge in [0.1, 0.15) is 28.2 Å². The number of aliphatic carboxylic acids is 1. The molecule has 2 amide bonds. The highest BCUT2D eigenvalue weighted by molar-refractivity contribution is 8.01. The van der Waals surface area contributed by atoms with Crippen LogP contribution >= 0.6 is 46.4 Å². The molecular weight excluding hydrogens is 551 g/mol. The zero-order valence-electron chi connectivity index (χ0n) is 18.9. The normalized spacial score (nSPS) is 19.8. The number of nitrogens with zero attached hydrogens (tertiary/aromatic N) is 6. The molecule has 1 fully saturated rings. The van der Waals surface area contributed by atoms with Gasteiger partial charge in [-0.3, -0.25) is 14.5 Å².